The maximum atomic E-state index is 12.8. The minimum Gasteiger partial charge on any atom is -0.356 e. The summed E-state index contributed by atoms with van der Waals surface area (Å²) < 4.78 is 0. The smallest absolute Gasteiger partial charge is 0.225 e. The van der Waals surface area contributed by atoms with E-state index in [0.29, 0.717) is 18.4 Å². The second kappa shape index (κ2) is 12.7. The van der Waals surface area contributed by atoms with Crippen molar-refractivity contribution in [2.75, 3.05) is 57.8 Å². The number of piperazine rings is 1. The van der Waals surface area contributed by atoms with Crippen LogP contribution in [-0.2, 0) is 4.79 Å². The molecule has 33 heavy (non-hydrogen) atoms. The van der Waals surface area contributed by atoms with Crippen LogP contribution in [0.4, 0.5) is 5.95 Å². The number of aliphatic imine (C=N–C) groups is 1. The Balaban J connectivity index is 0.00000306. The van der Waals surface area contributed by atoms with Crippen LogP contribution in [0.2, 0.25) is 0 Å². The second-order valence-corrected chi connectivity index (χ2v) is 9.58. The molecule has 1 aromatic heterocycles. The number of hydrogen-bond acceptors (Lipinski definition) is 5. The summed E-state index contributed by atoms with van der Waals surface area (Å²) in [4.78, 5) is 32.5. The average molecular weight is 570 g/mol. The Morgan fingerprint density at radius 2 is 1.64 bits per heavy atom. The summed E-state index contributed by atoms with van der Waals surface area (Å²) in [7, 11) is 1.86. The summed E-state index contributed by atoms with van der Waals surface area (Å²) in [6.45, 7) is 5.82. The predicted molar refractivity (Wildman–Crippen MR) is 143 cm³/mol. The van der Waals surface area contributed by atoms with Gasteiger partial charge in [0.1, 0.15) is 0 Å². The molecule has 0 radical (unpaired) electrons. The van der Waals surface area contributed by atoms with Gasteiger partial charge < -0.3 is 20.0 Å². The van der Waals surface area contributed by atoms with E-state index < -0.39 is 0 Å². The van der Waals surface area contributed by atoms with Gasteiger partial charge in [-0.25, -0.2) is 9.97 Å². The number of aromatic nitrogens is 2. The Bertz CT molecular complexity index is 759. The molecule has 2 saturated heterocycles. The third-order valence-corrected chi connectivity index (χ3v) is 7.43. The molecule has 9 heteroatoms. The highest BCUT2D eigenvalue weighted by Crippen LogP contribution is 2.42. The Morgan fingerprint density at radius 1 is 0.970 bits per heavy atom. The predicted octanol–water partition coefficient (Wildman–Crippen LogP) is 3.15. The molecular weight excluding hydrogens is 529 g/mol. The van der Waals surface area contributed by atoms with Crippen LogP contribution in [0.1, 0.15) is 57.8 Å². The number of nitrogens with zero attached hydrogens (tertiary/aromatic N) is 6. The fourth-order valence-corrected chi connectivity index (χ4v) is 5.66. The van der Waals surface area contributed by atoms with Gasteiger partial charge in [-0.1, -0.05) is 25.7 Å². The van der Waals surface area contributed by atoms with Crippen LogP contribution in [0.3, 0.4) is 0 Å². The van der Waals surface area contributed by atoms with Gasteiger partial charge in [0.2, 0.25) is 11.9 Å². The molecule has 1 aromatic rings. The zero-order valence-corrected chi connectivity index (χ0v) is 22.4. The SMILES string of the molecule is CN=C(NCCC(=O)N1CCN(c2ncccn2)CC1)N1CCCC2(CCCCCC2)C1.I. The van der Waals surface area contributed by atoms with Crippen molar-refractivity contribution in [1.29, 1.82) is 0 Å². The minimum absolute atomic E-state index is 0. The molecule has 0 unspecified atom stereocenters. The number of carbonyl (C=O) groups is 1. The Morgan fingerprint density at radius 3 is 2.30 bits per heavy atom. The monoisotopic (exact) mass is 569 g/mol. The lowest BCUT2D eigenvalue weighted by atomic mass is 9.74. The number of likely N-dealkylation sites (tertiary alicyclic amines) is 1. The first-order chi connectivity index (χ1) is 15.7. The largest absolute Gasteiger partial charge is 0.356 e. The van der Waals surface area contributed by atoms with Crippen molar-refractivity contribution in [2.45, 2.75) is 57.8 Å². The molecular formula is C24H40IN7O. The summed E-state index contributed by atoms with van der Waals surface area (Å²) in [6.07, 6.45) is 14.9. The lowest BCUT2D eigenvalue weighted by Gasteiger charge is -2.44. The van der Waals surface area contributed by atoms with E-state index in [1.165, 1.54) is 51.4 Å². The van der Waals surface area contributed by atoms with Gasteiger partial charge in [-0.3, -0.25) is 9.79 Å². The molecule has 0 atom stereocenters. The van der Waals surface area contributed by atoms with Gasteiger partial charge in [0.15, 0.2) is 5.96 Å². The fraction of sp³-hybridized carbons (Fsp3) is 0.750. The van der Waals surface area contributed by atoms with E-state index in [0.717, 1.165) is 51.2 Å². The Labute approximate surface area is 215 Å². The van der Waals surface area contributed by atoms with Gasteiger partial charge in [0, 0.05) is 71.7 Å². The molecule has 1 N–H and O–H groups in total. The lowest BCUT2D eigenvalue weighted by Crippen LogP contribution is -2.52. The van der Waals surface area contributed by atoms with Crippen LogP contribution >= 0.6 is 24.0 Å². The lowest BCUT2D eigenvalue weighted by molar-refractivity contribution is -0.131. The molecule has 184 valence electrons. The molecule has 8 nitrogen and oxygen atoms in total. The molecule has 3 fully saturated rings. The van der Waals surface area contributed by atoms with Gasteiger partial charge in [-0.15, -0.1) is 24.0 Å². The molecule has 1 amide bonds. The number of hydrogen-bond donors (Lipinski definition) is 1. The van der Waals surface area contributed by atoms with Crippen molar-refractivity contribution in [3.63, 3.8) is 0 Å². The quantitative estimate of drug-likeness (QED) is 0.341. The first-order valence-corrected chi connectivity index (χ1v) is 12.4. The van der Waals surface area contributed by atoms with Crippen LogP contribution in [-0.4, -0.2) is 84.5 Å². The van der Waals surface area contributed by atoms with Crippen molar-refractivity contribution in [1.82, 2.24) is 25.1 Å². The van der Waals surface area contributed by atoms with E-state index in [1.54, 1.807) is 12.4 Å². The van der Waals surface area contributed by atoms with Crippen molar-refractivity contribution in [3.8, 4) is 0 Å². The standard InChI is InChI=1S/C24H39N7O.HI/c1-25-22(31-15-6-11-24(20-31)9-4-2-3-5-10-24)28-14-8-21(32)29-16-18-30(19-17-29)23-26-12-7-13-27-23;/h7,12-13H,2-6,8-11,14-20H2,1H3,(H,25,28);1H. The third kappa shape index (κ3) is 6.93. The maximum Gasteiger partial charge on any atom is 0.225 e. The first-order valence-electron chi connectivity index (χ1n) is 12.4. The average Bonchev–Trinajstić information content (AvgIpc) is 3.07. The molecule has 3 aliphatic rings. The second-order valence-electron chi connectivity index (χ2n) is 9.58. The number of rotatable bonds is 4. The third-order valence-electron chi connectivity index (χ3n) is 7.43. The van der Waals surface area contributed by atoms with Crippen LogP contribution in [0.15, 0.2) is 23.5 Å². The highest BCUT2D eigenvalue weighted by Gasteiger charge is 2.36. The fourth-order valence-electron chi connectivity index (χ4n) is 5.66. The van der Waals surface area contributed by atoms with E-state index in [9.17, 15) is 4.79 Å². The molecule has 1 aliphatic carbocycles. The van der Waals surface area contributed by atoms with Gasteiger partial charge >= 0.3 is 0 Å². The molecule has 1 spiro atoms. The Hall–Kier alpha value is -1.65. The topological polar surface area (TPSA) is 77.0 Å². The summed E-state index contributed by atoms with van der Waals surface area (Å²) in [5.41, 5.74) is 0.477. The molecule has 0 bridgehead atoms. The number of nitrogens with one attached hydrogen (secondary N) is 1. The summed E-state index contributed by atoms with van der Waals surface area (Å²) in [6, 6.07) is 1.82. The number of piperidine rings is 1. The maximum absolute atomic E-state index is 12.8. The first kappa shape index (κ1) is 26.0. The number of anilines is 1. The molecule has 4 rings (SSSR count). The highest BCUT2D eigenvalue weighted by molar-refractivity contribution is 14.0. The van der Waals surface area contributed by atoms with E-state index in [1.807, 2.05) is 18.0 Å². The zero-order chi connectivity index (χ0) is 22.2. The zero-order valence-electron chi connectivity index (χ0n) is 20.0. The minimum atomic E-state index is 0. The van der Waals surface area contributed by atoms with Gasteiger partial charge in [-0.2, -0.15) is 0 Å². The molecule has 0 aromatic carbocycles. The van der Waals surface area contributed by atoms with Gasteiger partial charge in [-0.05, 0) is 37.2 Å². The summed E-state index contributed by atoms with van der Waals surface area (Å²) in [5, 5.41) is 3.48. The van der Waals surface area contributed by atoms with E-state index in [2.05, 4.69) is 30.1 Å². The highest BCUT2D eigenvalue weighted by atomic mass is 127. The Kier molecular flexibility index (Phi) is 10.0. The van der Waals surface area contributed by atoms with Crippen molar-refractivity contribution in [2.24, 2.45) is 10.4 Å². The van der Waals surface area contributed by atoms with Crippen LogP contribution in [0.5, 0.6) is 0 Å². The number of amides is 1. The van der Waals surface area contributed by atoms with Crippen molar-refractivity contribution >= 4 is 41.8 Å². The normalized spacial score (nSPS) is 21.4. The van der Waals surface area contributed by atoms with E-state index >= 15 is 0 Å². The number of halogens is 1. The number of guanidine groups is 1. The van der Waals surface area contributed by atoms with Crippen molar-refractivity contribution in [3.05, 3.63) is 18.5 Å². The molecule has 2 aliphatic heterocycles. The van der Waals surface area contributed by atoms with Crippen molar-refractivity contribution < 1.29 is 4.79 Å². The van der Waals surface area contributed by atoms with Gasteiger partial charge in [0.25, 0.3) is 0 Å². The molecule has 3 heterocycles. The van der Waals surface area contributed by atoms with Crippen LogP contribution < -0.4 is 10.2 Å². The summed E-state index contributed by atoms with van der Waals surface area (Å²) in [5.74, 6) is 1.92. The van der Waals surface area contributed by atoms with E-state index in [-0.39, 0.29) is 29.9 Å². The van der Waals surface area contributed by atoms with Gasteiger partial charge in [0.05, 0.1) is 0 Å². The number of carbonyl (C=O) groups excluding carboxylic acids is 1. The van der Waals surface area contributed by atoms with E-state index in [4.69, 9.17) is 0 Å². The van der Waals surface area contributed by atoms with Crippen LogP contribution in [0.25, 0.3) is 0 Å². The molecule has 1 saturated carbocycles. The van der Waals surface area contributed by atoms with Crippen LogP contribution in [0, 0.1) is 5.41 Å². The summed E-state index contributed by atoms with van der Waals surface area (Å²) >= 11 is 0.